The van der Waals surface area contributed by atoms with E-state index in [1.165, 1.54) is 25.8 Å². The molecule has 0 aromatic heterocycles. The standard InChI is InChI=1S/C8H16BrN/c1-7-3-5-10-8(6-7)2-4-9/h7-8,10H,2-6H2,1H3/t7-,8-/m0/s1. The number of rotatable bonds is 2. The lowest BCUT2D eigenvalue weighted by atomic mass is 9.93. The molecule has 0 amide bonds. The van der Waals surface area contributed by atoms with Crippen LogP contribution < -0.4 is 5.32 Å². The number of hydrogen-bond donors (Lipinski definition) is 1. The predicted octanol–water partition coefficient (Wildman–Crippen LogP) is 2.16. The molecule has 0 spiro atoms. The molecule has 1 rings (SSSR count). The Morgan fingerprint density at radius 2 is 2.40 bits per heavy atom. The summed E-state index contributed by atoms with van der Waals surface area (Å²) in [4.78, 5) is 0. The van der Waals surface area contributed by atoms with Gasteiger partial charge in [0, 0.05) is 11.4 Å². The van der Waals surface area contributed by atoms with Crippen LogP contribution in [0.3, 0.4) is 0 Å². The van der Waals surface area contributed by atoms with Crippen molar-refractivity contribution in [3.05, 3.63) is 0 Å². The van der Waals surface area contributed by atoms with Gasteiger partial charge in [-0.1, -0.05) is 22.9 Å². The van der Waals surface area contributed by atoms with Gasteiger partial charge in [0.2, 0.25) is 0 Å². The molecule has 10 heavy (non-hydrogen) atoms. The fraction of sp³-hybridized carbons (Fsp3) is 1.00. The van der Waals surface area contributed by atoms with Gasteiger partial charge >= 0.3 is 0 Å². The maximum absolute atomic E-state index is 3.52. The molecule has 1 aliphatic heterocycles. The molecule has 1 heterocycles. The van der Waals surface area contributed by atoms with Gasteiger partial charge in [-0.2, -0.15) is 0 Å². The Balaban J connectivity index is 2.18. The van der Waals surface area contributed by atoms with E-state index in [1.54, 1.807) is 0 Å². The van der Waals surface area contributed by atoms with E-state index in [-0.39, 0.29) is 0 Å². The Morgan fingerprint density at radius 3 is 3.00 bits per heavy atom. The summed E-state index contributed by atoms with van der Waals surface area (Å²) in [5, 5.41) is 4.66. The second kappa shape index (κ2) is 4.35. The van der Waals surface area contributed by atoms with Crippen molar-refractivity contribution < 1.29 is 0 Å². The molecule has 0 bridgehead atoms. The smallest absolute Gasteiger partial charge is 0.00775 e. The van der Waals surface area contributed by atoms with Crippen molar-refractivity contribution >= 4 is 15.9 Å². The lowest BCUT2D eigenvalue weighted by molar-refractivity contribution is 0.316. The Morgan fingerprint density at radius 1 is 1.60 bits per heavy atom. The van der Waals surface area contributed by atoms with Gasteiger partial charge in [0.25, 0.3) is 0 Å². The molecule has 0 radical (unpaired) electrons. The highest BCUT2D eigenvalue weighted by atomic mass is 79.9. The zero-order chi connectivity index (χ0) is 7.40. The van der Waals surface area contributed by atoms with Gasteiger partial charge in [0.15, 0.2) is 0 Å². The molecule has 0 unspecified atom stereocenters. The van der Waals surface area contributed by atoms with Crippen molar-refractivity contribution in [3.63, 3.8) is 0 Å². The third-order valence-corrected chi connectivity index (χ3v) is 2.67. The second-order valence-electron chi connectivity index (χ2n) is 3.26. The normalized spacial score (nSPS) is 34.2. The summed E-state index contributed by atoms with van der Waals surface area (Å²) >= 11 is 3.46. The molecule has 1 aliphatic rings. The van der Waals surface area contributed by atoms with E-state index in [9.17, 15) is 0 Å². The fourth-order valence-electron chi connectivity index (χ4n) is 1.57. The highest BCUT2D eigenvalue weighted by Crippen LogP contribution is 2.17. The van der Waals surface area contributed by atoms with Crippen LogP contribution >= 0.6 is 15.9 Å². The Hall–Kier alpha value is 0.440. The Kier molecular flexibility index (Phi) is 3.71. The van der Waals surface area contributed by atoms with Crippen LogP contribution in [0.15, 0.2) is 0 Å². The van der Waals surface area contributed by atoms with Crippen LogP contribution in [0.4, 0.5) is 0 Å². The van der Waals surface area contributed by atoms with E-state index < -0.39 is 0 Å². The number of nitrogens with one attached hydrogen (secondary N) is 1. The van der Waals surface area contributed by atoms with Crippen molar-refractivity contribution in [3.8, 4) is 0 Å². The van der Waals surface area contributed by atoms with Crippen molar-refractivity contribution in [2.45, 2.75) is 32.2 Å². The quantitative estimate of drug-likeness (QED) is 0.682. The van der Waals surface area contributed by atoms with Gasteiger partial charge in [-0.15, -0.1) is 0 Å². The number of halogens is 1. The molecule has 0 aromatic rings. The van der Waals surface area contributed by atoms with Gasteiger partial charge in [0.1, 0.15) is 0 Å². The van der Waals surface area contributed by atoms with Crippen molar-refractivity contribution in [2.75, 3.05) is 11.9 Å². The monoisotopic (exact) mass is 205 g/mol. The van der Waals surface area contributed by atoms with E-state index in [1.807, 2.05) is 0 Å². The van der Waals surface area contributed by atoms with Crippen LogP contribution in [-0.2, 0) is 0 Å². The van der Waals surface area contributed by atoms with E-state index in [2.05, 4.69) is 28.2 Å². The summed E-state index contributed by atoms with van der Waals surface area (Å²) in [5.74, 6) is 0.935. The lowest BCUT2D eigenvalue weighted by Gasteiger charge is -2.27. The van der Waals surface area contributed by atoms with Gasteiger partial charge in [0.05, 0.1) is 0 Å². The maximum atomic E-state index is 3.52. The first kappa shape index (κ1) is 8.54. The second-order valence-corrected chi connectivity index (χ2v) is 4.05. The molecule has 60 valence electrons. The molecule has 0 aliphatic carbocycles. The van der Waals surface area contributed by atoms with Crippen LogP contribution in [0.25, 0.3) is 0 Å². The third-order valence-electron chi connectivity index (χ3n) is 2.21. The molecular weight excluding hydrogens is 190 g/mol. The average molecular weight is 206 g/mol. The molecule has 0 aromatic carbocycles. The summed E-state index contributed by atoms with van der Waals surface area (Å²) in [5.41, 5.74) is 0. The number of hydrogen-bond acceptors (Lipinski definition) is 1. The van der Waals surface area contributed by atoms with Gasteiger partial charge in [-0.05, 0) is 31.7 Å². The summed E-state index contributed by atoms with van der Waals surface area (Å²) in [6.07, 6.45) is 4.01. The molecular formula is C8H16BrN. The summed E-state index contributed by atoms with van der Waals surface area (Å²) in [6.45, 7) is 3.57. The van der Waals surface area contributed by atoms with Crippen LogP contribution in [-0.4, -0.2) is 17.9 Å². The number of piperidine rings is 1. The van der Waals surface area contributed by atoms with E-state index >= 15 is 0 Å². The predicted molar refractivity (Wildman–Crippen MR) is 48.6 cm³/mol. The first-order valence-electron chi connectivity index (χ1n) is 4.12. The summed E-state index contributed by atoms with van der Waals surface area (Å²) in [7, 11) is 0. The summed E-state index contributed by atoms with van der Waals surface area (Å²) in [6, 6.07) is 0.781. The van der Waals surface area contributed by atoms with Gasteiger partial charge in [-0.25, -0.2) is 0 Å². The molecule has 1 saturated heterocycles. The minimum absolute atomic E-state index is 0.781. The maximum Gasteiger partial charge on any atom is 0.00775 e. The minimum Gasteiger partial charge on any atom is -0.314 e. The zero-order valence-corrected chi connectivity index (χ0v) is 8.15. The first-order chi connectivity index (χ1) is 4.83. The van der Waals surface area contributed by atoms with Gasteiger partial charge < -0.3 is 5.32 Å². The third kappa shape index (κ3) is 2.59. The van der Waals surface area contributed by atoms with Gasteiger partial charge in [-0.3, -0.25) is 0 Å². The summed E-state index contributed by atoms with van der Waals surface area (Å²) < 4.78 is 0. The highest BCUT2D eigenvalue weighted by Gasteiger charge is 2.16. The largest absolute Gasteiger partial charge is 0.314 e. The average Bonchev–Trinajstić information content (AvgIpc) is 1.88. The van der Waals surface area contributed by atoms with Crippen LogP contribution in [0.2, 0.25) is 0 Å². The highest BCUT2D eigenvalue weighted by molar-refractivity contribution is 9.09. The van der Waals surface area contributed by atoms with Crippen LogP contribution in [0, 0.1) is 5.92 Å². The molecule has 1 N–H and O–H groups in total. The molecule has 2 heteroatoms. The molecule has 2 atom stereocenters. The van der Waals surface area contributed by atoms with Crippen LogP contribution in [0.5, 0.6) is 0 Å². The zero-order valence-electron chi connectivity index (χ0n) is 6.57. The Bertz CT molecular complexity index is 93.3. The van der Waals surface area contributed by atoms with Crippen LogP contribution in [0.1, 0.15) is 26.2 Å². The Labute approximate surface area is 71.7 Å². The van der Waals surface area contributed by atoms with E-state index in [0.717, 1.165) is 17.3 Å². The first-order valence-corrected chi connectivity index (χ1v) is 5.24. The fourth-order valence-corrected chi connectivity index (χ4v) is 2.13. The van der Waals surface area contributed by atoms with Crippen molar-refractivity contribution in [1.82, 2.24) is 5.32 Å². The lowest BCUT2D eigenvalue weighted by Crippen LogP contribution is -2.37. The van der Waals surface area contributed by atoms with E-state index in [4.69, 9.17) is 0 Å². The minimum atomic E-state index is 0.781. The topological polar surface area (TPSA) is 12.0 Å². The van der Waals surface area contributed by atoms with E-state index in [0.29, 0.717) is 0 Å². The SMILES string of the molecule is C[C@H]1CCN[C@@H](CCBr)C1. The molecule has 0 saturated carbocycles. The number of alkyl halides is 1. The molecule has 1 nitrogen and oxygen atoms in total. The van der Waals surface area contributed by atoms with Crippen molar-refractivity contribution in [1.29, 1.82) is 0 Å². The van der Waals surface area contributed by atoms with Crippen molar-refractivity contribution in [2.24, 2.45) is 5.92 Å². The molecule has 1 fully saturated rings.